The Morgan fingerprint density at radius 3 is 2.65 bits per heavy atom. The first kappa shape index (κ1) is 17.3. The fraction of sp³-hybridized carbons (Fsp3) is 0.0526. The summed E-state index contributed by atoms with van der Waals surface area (Å²) in [5.74, 6) is 0.658. The highest BCUT2D eigenvalue weighted by molar-refractivity contribution is 9.11. The Kier molecular flexibility index (Phi) is 5.10. The summed E-state index contributed by atoms with van der Waals surface area (Å²) >= 11 is 6.43. The van der Waals surface area contributed by atoms with Crippen molar-refractivity contribution in [1.82, 2.24) is 4.90 Å². The van der Waals surface area contributed by atoms with Crippen molar-refractivity contribution >= 4 is 61.9 Å². The van der Waals surface area contributed by atoms with E-state index in [4.69, 9.17) is 4.42 Å². The number of rotatable bonds is 4. The standard InChI is InChI=1S/C19H13BrN2O2S2/c20-17-9-8-15(25-17)11-16-18(23)22(12-14-7-4-10-24-14)19(26-16)21-13-5-2-1-3-6-13/h1-11H,12H2. The van der Waals surface area contributed by atoms with Gasteiger partial charge in [-0.3, -0.25) is 9.69 Å². The van der Waals surface area contributed by atoms with Crippen LogP contribution in [-0.2, 0) is 11.3 Å². The molecule has 0 aliphatic carbocycles. The molecule has 0 radical (unpaired) electrons. The van der Waals surface area contributed by atoms with Gasteiger partial charge in [0.25, 0.3) is 5.91 Å². The molecule has 1 amide bonds. The first-order valence-corrected chi connectivity index (χ1v) is 10.2. The molecule has 1 fully saturated rings. The Morgan fingerprint density at radius 2 is 1.96 bits per heavy atom. The molecule has 1 aliphatic rings. The lowest BCUT2D eigenvalue weighted by Gasteiger charge is -2.13. The summed E-state index contributed by atoms with van der Waals surface area (Å²) in [7, 11) is 0. The number of hydrogen-bond acceptors (Lipinski definition) is 5. The van der Waals surface area contributed by atoms with E-state index in [1.54, 1.807) is 22.5 Å². The molecule has 130 valence electrons. The minimum atomic E-state index is -0.0643. The number of halogens is 1. The van der Waals surface area contributed by atoms with Crippen LogP contribution in [0.1, 0.15) is 10.6 Å². The number of amidine groups is 1. The largest absolute Gasteiger partial charge is 0.467 e. The van der Waals surface area contributed by atoms with Crippen molar-refractivity contribution in [2.75, 3.05) is 0 Å². The molecule has 0 unspecified atom stereocenters. The van der Waals surface area contributed by atoms with Crippen LogP contribution < -0.4 is 0 Å². The number of thioether (sulfide) groups is 1. The van der Waals surface area contributed by atoms with Gasteiger partial charge >= 0.3 is 0 Å². The molecular weight excluding hydrogens is 432 g/mol. The predicted octanol–water partition coefficient (Wildman–Crippen LogP) is 5.91. The van der Waals surface area contributed by atoms with Gasteiger partial charge in [-0.05, 0) is 70.2 Å². The molecule has 2 aromatic heterocycles. The van der Waals surface area contributed by atoms with Crippen molar-refractivity contribution in [1.29, 1.82) is 0 Å². The zero-order chi connectivity index (χ0) is 17.9. The minimum Gasteiger partial charge on any atom is -0.467 e. The van der Waals surface area contributed by atoms with E-state index in [0.717, 1.165) is 20.1 Å². The summed E-state index contributed by atoms with van der Waals surface area (Å²) in [6, 6.07) is 17.3. The van der Waals surface area contributed by atoms with Crippen LogP contribution in [0, 0.1) is 0 Å². The second kappa shape index (κ2) is 7.65. The Morgan fingerprint density at radius 1 is 1.12 bits per heavy atom. The van der Waals surface area contributed by atoms with Gasteiger partial charge in [0, 0.05) is 4.88 Å². The van der Waals surface area contributed by atoms with Crippen molar-refractivity contribution in [3.05, 3.63) is 80.2 Å². The van der Waals surface area contributed by atoms with E-state index in [-0.39, 0.29) is 5.91 Å². The number of benzene rings is 1. The lowest BCUT2D eigenvalue weighted by molar-refractivity contribution is -0.122. The van der Waals surface area contributed by atoms with Gasteiger partial charge in [0.2, 0.25) is 0 Å². The molecule has 0 spiro atoms. The molecule has 7 heteroatoms. The van der Waals surface area contributed by atoms with Crippen molar-refractivity contribution in [3.8, 4) is 0 Å². The van der Waals surface area contributed by atoms with Crippen LogP contribution in [0.15, 0.2) is 79.0 Å². The van der Waals surface area contributed by atoms with Crippen LogP contribution in [-0.4, -0.2) is 16.0 Å². The van der Waals surface area contributed by atoms with Crippen molar-refractivity contribution in [3.63, 3.8) is 0 Å². The number of amides is 1. The molecule has 4 rings (SSSR count). The molecule has 1 aromatic carbocycles. The molecule has 0 atom stereocenters. The van der Waals surface area contributed by atoms with Gasteiger partial charge < -0.3 is 4.42 Å². The summed E-state index contributed by atoms with van der Waals surface area (Å²) in [5, 5.41) is 0.652. The van der Waals surface area contributed by atoms with Crippen molar-refractivity contribution in [2.45, 2.75) is 6.54 Å². The maximum atomic E-state index is 13.0. The molecule has 0 N–H and O–H groups in total. The monoisotopic (exact) mass is 444 g/mol. The average Bonchev–Trinajstić information content (AvgIpc) is 3.35. The van der Waals surface area contributed by atoms with Gasteiger partial charge in [0.05, 0.1) is 27.2 Å². The highest BCUT2D eigenvalue weighted by atomic mass is 79.9. The van der Waals surface area contributed by atoms with E-state index in [1.165, 1.54) is 11.8 Å². The summed E-state index contributed by atoms with van der Waals surface area (Å²) in [4.78, 5) is 20.9. The molecule has 0 bridgehead atoms. The predicted molar refractivity (Wildman–Crippen MR) is 110 cm³/mol. The second-order valence-electron chi connectivity index (χ2n) is 5.45. The van der Waals surface area contributed by atoms with E-state index >= 15 is 0 Å². The van der Waals surface area contributed by atoms with E-state index in [1.807, 2.05) is 60.7 Å². The third kappa shape index (κ3) is 3.85. The fourth-order valence-electron chi connectivity index (χ4n) is 2.44. The van der Waals surface area contributed by atoms with Crippen LogP contribution in [0.4, 0.5) is 5.69 Å². The van der Waals surface area contributed by atoms with E-state index < -0.39 is 0 Å². The quantitative estimate of drug-likeness (QED) is 0.469. The smallest absolute Gasteiger partial charge is 0.267 e. The van der Waals surface area contributed by atoms with E-state index in [9.17, 15) is 4.79 Å². The first-order chi connectivity index (χ1) is 12.7. The van der Waals surface area contributed by atoms with Gasteiger partial charge in [-0.25, -0.2) is 4.99 Å². The normalized spacial score (nSPS) is 17.6. The molecule has 26 heavy (non-hydrogen) atoms. The Bertz CT molecular complexity index is 978. The Labute approximate surface area is 167 Å². The maximum absolute atomic E-state index is 13.0. The molecule has 1 aliphatic heterocycles. The third-order valence-electron chi connectivity index (χ3n) is 3.63. The number of hydrogen-bond donors (Lipinski definition) is 0. The molecule has 3 aromatic rings. The summed E-state index contributed by atoms with van der Waals surface area (Å²) in [6.07, 6.45) is 3.52. The SMILES string of the molecule is O=C1C(=Cc2ccc(Br)s2)SC(=Nc2ccccc2)N1Cc1ccco1. The van der Waals surface area contributed by atoms with Gasteiger partial charge in [-0.15, -0.1) is 11.3 Å². The highest BCUT2D eigenvalue weighted by Gasteiger charge is 2.34. The summed E-state index contributed by atoms with van der Waals surface area (Å²) in [6.45, 7) is 0.357. The van der Waals surface area contributed by atoms with Crippen molar-refractivity contribution in [2.24, 2.45) is 4.99 Å². The second-order valence-corrected chi connectivity index (χ2v) is 8.96. The Balaban J connectivity index is 1.69. The third-order valence-corrected chi connectivity index (χ3v) is 6.21. The average molecular weight is 445 g/mol. The van der Waals surface area contributed by atoms with E-state index in [0.29, 0.717) is 16.6 Å². The van der Waals surface area contributed by atoms with Crippen LogP contribution in [0.25, 0.3) is 6.08 Å². The van der Waals surface area contributed by atoms with Crippen LogP contribution in [0.5, 0.6) is 0 Å². The zero-order valence-corrected chi connectivity index (χ0v) is 16.7. The number of carbonyl (C=O) groups is 1. The van der Waals surface area contributed by atoms with Gasteiger partial charge in [-0.2, -0.15) is 0 Å². The number of nitrogens with zero attached hydrogens (tertiary/aromatic N) is 2. The molecule has 1 saturated heterocycles. The maximum Gasteiger partial charge on any atom is 0.267 e. The minimum absolute atomic E-state index is 0.0643. The van der Waals surface area contributed by atoms with Gasteiger partial charge in [0.1, 0.15) is 5.76 Å². The number of carbonyl (C=O) groups excluding carboxylic acids is 1. The van der Waals surface area contributed by atoms with Crippen LogP contribution in [0.2, 0.25) is 0 Å². The fourth-order valence-corrected chi connectivity index (χ4v) is 4.87. The summed E-state index contributed by atoms with van der Waals surface area (Å²) in [5.41, 5.74) is 0.812. The van der Waals surface area contributed by atoms with Crippen LogP contribution >= 0.6 is 39.0 Å². The van der Waals surface area contributed by atoms with Gasteiger partial charge in [0.15, 0.2) is 5.17 Å². The van der Waals surface area contributed by atoms with Crippen LogP contribution in [0.3, 0.4) is 0 Å². The highest BCUT2D eigenvalue weighted by Crippen LogP contribution is 2.36. The zero-order valence-electron chi connectivity index (χ0n) is 13.5. The Hall–Kier alpha value is -2.09. The summed E-state index contributed by atoms with van der Waals surface area (Å²) < 4.78 is 6.45. The number of furan rings is 1. The molecular formula is C19H13BrN2O2S2. The number of thiophene rings is 1. The lowest BCUT2D eigenvalue weighted by Crippen LogP contribution is -2.28. The topological polar surface area (TPSA) is 45.8 Å². The molecule has 4 nitrogen and oxygen atoms in total. The number of aliphatic imine (C=N–C) groups is 1. The van der Waals surface area contributed by atoms with Crippen molar-refractivity contribution < 1.29 is 9.21 Å². The molecule has 3 heterocycles. The molecule has 0 saturated carbocycles. The number of para-hydroxylation sites is 1. The van der Waals surface area contributed by atoms with Gasteiger partial charge in [-0.1, -0.05) is 18.2 Å². The van der Waals surface area contributed by atoms with E-state index in [2.05, 4.69) is 20.9 Å². The lowest BCUT2D eigenvalue weighted by atomic mass is 10.3. The first-order valence-electron chi connectivity index (χ1n) is 7.82.